The highest BCUT2D eigenvalue weighted by Gasteiger charge is 1.98. The minimum Gasteiger partial charge on any atom is -0.140 e. The molecule has 0 nitrogen and oxygen atoms in total. The highest BCUT2D eigenvalue weighted by Crippen LogP contribution is 2.28. The summed E-state index contributed by atoms with van der Waals surface area (Å²) in [5.74, 6) is 0. The van der Waals surface area contributed by atoms with Gasteiger partial charge in [-0.25, -0.2) is 0 Å². The lowest BCUT2D eigenvalue weighted by molar-refractivity contribution is 1.64. The summed E-state index contributed by atoms with van der Waals surface area (Å²) in [6, 6.07) is 4.25. The van der Waals surface area contributed by atoms with Crippen molar-refractivity contribution >= 4 is 28.0 Å². The Hall–Kier alpha value is -0.210. The van der Waals surface area contributed by atoms with Crippen molar-refractivity contribution in [2.24, 2.45) is 0 Å². The molecule has 0 N–H and O–H groups in total. The second-order valence-corrected chi connectivity index (χ2v) is 4.23. The van der Waals surface area contributed by atoms with Crippen molar-refractivity contribution in [1.82, 2.24) is 0 Å². The topological polar surface area (TPSA) is 0 Å². The smallest absolute Gasteiger partial charge is 0.0402 e. The Labute approximate surface area is 70.0 Å². The maximum Gasteiger partial charge on any atom is 0.0402 e. The minimum absolute atomic E-state index is 1.16. The van der Waals surface area contributed by atoms with Crippen LogP contribution in [0.15, 0.2) is 18.7 Å². The van der Waals surface area contributed by atoms with Crippen molar-refractivity contribution in [2.75, 3.05) is 6.26 Å². The van der Waals surface area contributed by atoms with E-state index in [-0.39, 0.29) is 0 Å². The Morgan fingerprint density at radius 3 is 2.70 bits per heavy atom. The molecule has 1 aromatic rings. The van der Waals surface area contributed by atoms with E-state index >= 15 is 0 Å². The predicted molar refractivity (Wildman–Crippen MR) is 51.6 cm³/mol. The lowest BCUT2D eigenvalue weighted by Crippen LogP contribution is -1.64. The number of rotatable bonds is 2. The summed E-state index contributed by atoms with van der Waals surface area (Å²) in [5, 5.41) is 0. The van der Waals surface area contributed by atoms with Gasteiger partial charge in [0.2, 0.25) is 0 Å². The van der Waals surface area contributed by atoms with Crippen LogP contribution in [0.1, 0.15) is 9.75 Å². The first-order valence-corrected chi connectivity index (χ1v) is 5.08. The summed E-state index contributed by atoms with van der Waals surface area (Å²) < 4.78 is 0. The maximum absolute atomic E-state index is 3.93. The zero-order valence-electron chi connectivity index (χ0n) is 6.18. The van der Waals surface area contributed by atoms with Crippen LogP contribution in [0.5, 0.6) is 0 Å². The van der Waals surface area contributed by atoms with Gasteiger partial charge in [0.05, 0.1) is 0 Å². The molecule has 0 saturated heterocycles. The number of hydrogen-bond acceptors (Lipinski definition) is 2. The van der Waals surface area contributed by atoms with Crippen LogP contribution < -0.4 is 0 Å². The lowest BCUT2D eigenvalue weighted by Gasteiger charge is -1.93. The van der Waals surface area contributed by atoms with Gasteiger partial charge in [-0.15, -0.1) is 23.1 Å². The van der Waals surface area contributed by atoms with Crippen molar-refractivity contribution in [3.8, 4) is 0 Å². The third-order valence-corrected chi connectivity index (χ3v) is 3.16. The molecule has 0 aliphatic rings. The summed E-state index contributed by atoms with van der Waals surface area (Å²) >= 11 is 3.51. The Morgan fingerprint density at radius 2 is 2.30 bits per heavy atom. The number of thiophene rings is 1. The van der Waals surface area contributed by atoms with E-state index in [9.17, 15) is 0 Å². The largest absolute Gasteiger partial charge is 0.140 e. The average Bonchev–Trinajstić information content (AvgIpc) is 2.34. The van der Waals surface area contributed by atoms with E-state index in [1.807, 2.05) is 0 Å². The molecule has 0 amide bonds. The third kappa shape index (κ3) is 1.64. The summed E-state index contributed by atoms with van der Waals surface area (Å²) in [5.41, 5.74) is 0. The molecule has 0 radical (unpaired) electrons. The molecule has 0 bridgehead atoms. The van der Waals surface area contributed by atoms with Gasteiger partial charge >= 0.3 is 0 Å². The summed E-state index contributed by atoms with van der Waals surface area (Å²) in [4.78, 5) is 3.81. The van der Waals surface area contributed by atoms with E-state index in [2.05, 4.69) is 31.9 Å². The summed E-state index contributed by atoms with van der Waals surface area (Å²) in [6.07, 6.45) is 2.05. The molecular weight excluding hydrogens is 160 g/mol. The SMILES string of the molecule is C=C(SC)c1ccc(C)s1. The number of thioether (sulfide) groups is 1. The van der Waals surface area contributed by atoms with Gasteiger partial charge in [0.15, 0.2) is 0 Å². The molecule has 0 unspecified atom stereocenters. The summed E-state index contributed by atoms with van der Waals surface area (Å²) in [6.45, 7) is 6.04. The van der Waals surface area contributed by atoms with Crippen molar-refractivity contribution < 1.29 is 0 Å². The molecule has 10 heavy (non-hydrogen) atoms. The molecule has 0 aromatic carbocycles. The molecule has 0 spiro atoms. The van der Waals surface area contributed by atoms with E-state index in [1.54, 1.807) is 23.1 Å². The highest BCUT2D eigenvalue weighted by atomic mass is 32.2. The molecule has 1 heterocycles. The van der Waals surface area contributed by atoms with Crippen LogP contribution in [0, 0.1) is 6.92 Å². The number of aryl methyl sites for hydroxylation is 1. The highest BCUT2D eigenvalue weighted by molar-refractivity contribution is 8.07. The van der Waals surface area contributed by atoms with Crippen LogP contribution in [0.4, 0.5) is 0 Å². The van der Waals surface area contributed by atoms with E-state index in [0.717, 1.165) is 4.91 Å². The fourth-order valence-corrected chi connectivity index (χ4v) is 2.06. The molecular formula is C8H10S2. The maximum atomic E-state index is 3.93. The Kier molecular flexibility index (Phi) is 2.57. The van der Waals surface area contributed by atoms with Crippen LogP contribution in [-0.2, 0) is 0 Å². The molecule has 0 saturated carbocycles. The van der Waals surface area contributed by atoms with E-state index < -0.39 is 0 Å². The van der Waals surface area contributed by atoms with Gasteiger partial charge in [-0.3, -0.25) is 0 Å². The zero-order chi connectivity index (χ0) is 7.56. The molecule has 2 heteroatoms. The first-order chi connectivity index (χ1) is 4.74. The molecule has 1 rings (SSSR count). The Bertz CT molecular complexity index is 235. The normalized spacial score (nSPS) is 9.80. The third-order valence-electron chi connectivity index (χ3n) is 1.26. The predicted octanol–water partition coefficient (Wildman–Crippen LogP) is 3.39. The van der Waals surface area contributed by atoms with Crippen LogP contribution >= 0.6 is 23.1 Å². The number of hydrogen-bond donors (Lipinski definition) is 0. The molecule has 0 aliphatic carbocycles. The van der Waals surface area contributed by atoms with Gasteiger partial charge in [0.1, 0.15) is 0 Å². The van der Waals surface area contributed by atoms with E-state index in [1.165, 1.54) is 9.75 Å². The van der Waals surface area contributed by atoms with Gasteiger partial charge in [-0.05, 0) is 25.3 Å². The fourth-order valence-electron chi connectivity index (χ4n) is 0.685. The second kappa shape index (κ2) is 3.26. The van der Waals surface area contributed by atoms with E-state index in [0.29, 0.717) is 0 Å². The fraction of sp³-hybridized carbons (Fsp3) is 0.250. The molecule has 54 valence electrons. The van der Waals surface area contributed by atoms with Crippen molar-refractivity contribution in [1.29, 1.82) is 0 Å². The van der Waals surface area contributed by atoms with Crippen molar-refractivity contribution in [3.05, 3.63) is 28.5 Å². The summed E-state index contributed by atoms with van der Waals surface area (Å²) in [7, 11) is 0. The molecule has 1 aromatic heterocycles. The van der Waals surface area contributed by atoms with Gasteiger partial charge in [0, 0.05) is 14.7 Å². The molecule has 0 fully saturated rings. The van der Waals surface area contributed by atoms with Crippen LogP contribution in [0.3, 0.4) is 0 Å². The Balaban J connectivity index is 2.85. The zero-order valence-corrected chi connectivity index (χ0v) is 7.81. The van der Waals surface area contributed by atoms with Gasteiger partial charge in [0.25, 0.3) is 0 Å². The monoisotopic (exact) mass is 170 g/mol. The lowest BCUT2D eigenvalue weighted by atomic mass is 10.4. The Morgan fingerprint density at radius 1 is 1.60 bits per heavy atom. The van der Waals surface area contributed by atoms with E-state index in [4.69, 9.17) is 0 Å². The van der Waals surface area contributed by atoms with Crippen LogP contribution in [-0.4, -0.2) is 6.26 Å². The standard InChI is InChI=1S/C8H10S2/c1-6-4-5-8(10-6)7(2)9-3/h4-5H,2H2,1,3H3. The van der Waals surface area contributed by atoms with Gasteiger partial charge < -0.3 is 0 Å². The minimum atomic E-state index is 1.16. The quantitative estimate of drug-likeness (QED) is 0.655. The molecule has 0 atom stereocenters. The van der Waals surface area contributed by atoms with Crippen molar-refractivity contribution in [2.45, 2.75) is 6.92 Å². The second-order valence-electron chi connectivity index (χ2n) is 2.04. The first-order valence-electron chi connectivity index (χ1n) is 3.03. The van der Waals surface area contributed by atoms with Crippen molar-refractivity contribution in [3.63, 3.8) is 0 Å². The molecule has 0 aliphatic heterocycles. The first kappa shape index (κ1) is 7.89. The van der Waals surface area contributed by atoms with Gasteiger partial charge in [-0.1, -0.05) is 6.58 Å². The van der Waals surface area contributed by atoms with Crippen LogP contribution in [0.25, 0.3) is 4.91 Å². The average molecular weight is 170 g/mol. The van der Waals surface area contributed by atoms with Gasteiger partial charge in [-0.2, -0.15) is 0 Å². The van der Waals surface area contributed by atoms with Crippen LogP contribution in [0.2, 0.25) is 0 Å².